The third-order valence-corrected chi connectivity index (χ3v) is 6.17. The number of benzene rings is 2. The second-order valence-corrected chi connectivity index (χ2v) is 7.97. The zero-order chi connectivity index (χ0) is 19.8. The summed E-state index contributed by atoms with van der Waals surface area (Å²) in [5.74, 6) is 1.87. The first-order valence-electron chi connectivity index (χ1n) is 10.3. The Morgan fingerprint density at radius 1 is 1.04 bits per heavy atom. The molecule has 3 rings (SSSR count). The van der Waals surface area contributed by atoms with E-state index in [1.807, 2.05) is 42.5 Å². The minimum Gasteiger partial charge on any atom is -0.496 e. The monoisotopic (exact) mass is 383 g/mol. The third-order valence-electron chi connectivity index (χ3n) is 6.17. The summed E-state index contributed by atoms with van der Waals surface area (Å²) in [4.78, 5) is 2.54. The summed E-state index contributed by atoms with van der Waals surface area (Å²) in [6, 6.07) is 18.6. The van der Waals surface area contributed by atoms with Crippen LogP contribution in [0, 0.1) is 5.41 Å². The van der Waals surface area contributed by atoms with E-state index in [2.05, 4.69) is 24.0 Å². The fourth-order valence-electron chi connectivity index (χ4n) is 4.15. The Balaban J connectivity index is 1.50. The Kier molecular flexibility index (Phi) is 7.35. The van der Waals surface area contributed by atoms with Crippen molar-refractivity contribution in [3.63, 3.8) is 0 Å². The molecule has 2 aromatic carbocycles. The third kappa shape index (κ3) is 5.27. The SMILES string of the molecule is COc1ccccc1CC(C)N1CCC(CO)(CCOc2ccccc2)CC1. The molecule has 1 atom stereocenters. The first kappa shape index (κ1) is 20.7. The van der Waals surface area contributed by atoms with Crippen molar-refractivity contribution >= 4 is 0 Å². The Hall–Kier alpha value is -2.04. The van der Waals surface area contributed by atoms with Crippen LogP contribution in [0.4, 0.5) is 0 Å². The Labute approximate surface area is 169 Å². The van der Waals surface area contributed by atoms with Gasteiger partial charge in [-0.15, -0.1) is 0 Å². The molecule has 0 bridgehead atoms. The number of para-hydroxylation sites is 2. The highest BCUT2D eigenvalue weighted by atomic mass is 16.5. The number of hydrogen-bond donors (Lipinski definition) is 1. The summed E-state index contributed by atoms with van der Waals surface area (Å²) in [5, 5.41) is 10.1. The van der Waals surface area contributed by atoms with Crippen molar-refractivity contribution in [2.45, 2.75) is 38.6 Å². The molecular weight excluding hydrogens is 350 g/mol. The van der Waals surface area contributed by atoms with Gasteiger partial charge >= 0.3 is 0 Å². The number of hydrogen-bond acceptors (Lipinski definition) is 4. The second-order valence-electron chi connectivity index (χ2n) is 7.97. The van der Waals surface area contributed by atoms with Crippen molar-refractivity contribution in [3.8, 4) is 11.5 Å². The van der Waals surface area contributed by atoms with E-state index in [0.29, 0.717) is 12.6 Å². The molecule has 1 unspecified atom stereocenters. The Bertz CT molecular complexity index is 711. The number of methoxy groups -OCH3 is 1. The number of ether oxygens (including phenoxy) is 2. The first-order chi connectivity index (χ1) is 13.7. The maximum Gasteiger partial charge on any atom is 0.122 e. The molecule has 0 spiro atoms. The van der Waals surface area contributed by atoms with E-state index in [1.54, 1.807) is 7.11 Å². The summed E-state index contributed by atoms with van der Waals surface area (Å²) in [5.41, 5.74) is 1.24. The second kappa shape index (κ2) is 9.94. The molecular formula is C24H33NO3. The molecule has 28 heavy (non-hydrogen) atoms. The highest BCUT2D eigenvalue weighted by Crippen LogP contribution is 2.36. The van der Waals surface area contributed by atoms with Gasteiger partial charge in [-0.2, -0.15) is 0 Å². The van der Waals surface area contributed by atoms with Crippen LogP contribution in [0.15, 0.2) is 54.6 Å². The number of nitrogens with zero attached hydrogens (tertiary/aromatic N) is 1. The molecule has 0 radical (unpaired) electrons. The summed E-state index contributed by atoms with van der Waals surface area (Å²) < 4.78 is 11.4. The molecule has 4 nitrogen and oxygen atoms in total. The van der Waals surface area contributed by atoms with Crippen LogP contribution in [0.3, 0.4) is 0 Å². The van der Waals surface area contributed by atoms with Crippen LogP contribution in [0.2, 0.25) is 0 Å². The number of likely N-dealkylation sites (tertiary alicyclic amines) is 1. The van der Waals surface area contributed by atoms with Gasteiger partial charge in [-0.25, -0.2) is 0 Å². The Morgan fingerprint density at radius 2 is 1.71 bits per heavy atom. The molecule has 1 aliphatic heterocycles. The predicted molar refractivity (Wildman–Crippen MR) is 113 cm³/mol. The normalized spacial score (nSPS) is 17.8. The molecule has 2 aromatic rings. The molecule has 1 saturated heterocycles. The fraction of sp³-hybridized carbons (Fsp3) is 0.500. The van der Waals surface area contributed by atoms with Crippen molar-refractivity contribution in [1.82, 2.24) is 4.90 Å². The van der Waals surface area contributed by atoms with Crippen molar-refractivity contribution < 1.29 is 14.6 Å². The van der Waals surface area contributed by atoms with Gasteiger partial charge in [0, 0.05) is 12.6 Å². The van der Waals surface area contributed by atoms with Crippen molar-refractivity contribution in [2.24, 2.45) is 5.41 Å². The minimum atomic E-state index is -0.0184. The largest absolute Gasteiger partial charge is 0.496 e. The molecule has 0 aromatic heterocycles. The van der Waals surface area contributed by atoms with Gasteiger partial charge in [-0.05, 0) is 74.9 Å². The van der Waals surface area contributed by atoms with E-state index < -0.39 is 0 Å². The smallest absolute Gasteiger partial charge is 0.122 e. The highest BCUT2D eigenvalue weighted by molar-refractivity contribution is 5.33. The van der Waals surface area contributed by atoms with Crippen LogP contribution in [0.25, 0.3) is 0 Å². The van der Waals surface area contributed by atoms with Gasteiger partial charge in [0.25, 0.3) is 0 Å². The van der Waals surface area contributed by atoms with Crippen LogP contribution in [-0.4, -0.2) is 49.5 Å². The molecule has 0 saturated carbocycles. The van der Waals surface area contributed by atoms with Crippen molar-refractivity contribution in [1.29, 1.82) is 0 Å². The van der Waals surface area contributed by atoms with Gasteiger partial charge in [0.2, 0.25) is 0 Å². The van der Waals surface area contributed by atoms with Gasteiger partial charge in [0.1, 0.15) is 11.5 Å². The predicted octanol–water partition coefficient (Wildman–Crippen LogP) is 4.17. The van der Waals surface area contributed by atoms with Gasteiger partial charge in [0.05, 0.1) is 13.7 Å². The topological polar surface area (TPSA) is 41.9 Å². The molecule has 1 N–H and O–H groups in total. The molecule has 1 aliphatic rings. The molecule has 1 fully saturated rings. The summed E-state index contributed by atoms with van der Waals surface area (Å²) in [6.45, 7) is 5.21. The summed E-state index contributed by atoms with van der Waals surface area (Å²) >= 11 is 0. The summed E-state index contributed by atoms with van der Waals surface area (Å²) in [7, 11) is 1.73. The van der Waals surface area contributed by atoms with E-state index in [4.69, 9.17) is 9.47 Å². The van der Waals surface area contributed by atoms with E-state index in [9.17, 15) is 5.11 Å². The van der Waals surface area contributed by atoms with Crippen LogP contribution in [0.1, 0.15) is 31.7 Å². The highest BCUT2D eigenvalue weighted by Gasteiger charge is 2.35. The lowest BCUT2D eigenvalue weighted by Crippen LogP contribution is -2.46. The van der Waals surface area contributed by atoms with Gasteiger partial charge in [-0.3, -0.25) is 0 Å². The van der Waals surface area contributed by atoms with Gasteiger partial charge in [-0.1, -0.05) is 36.4 Å². The van der Waals surface area contributed by atoms with Crippen LogP contribution < -0.4 is 9.47 Å². The molecule has 0 aliphatic carbocycles. The minimum absolute atomic E-state index is 0.0184. The molecule has 1 heterocycles. The molecule has 4 heteroatoms. The fourth-order valence-corrected chi connectivity index (χ4v) is 4.15. The zero-order valence-corrected chi connectivity index (χ0v) is 17.1. The summed E-state index contributed by atoms with van der Waals surface area (Å²) in [6.07, 6.45) is 3.90. The number of piperidine rings is 1. The van der Waals surface area contributed by atoms with Gasteiger partial charge < -0.3 is 19.5 Å². The number of aliphatic hydroxyl groups is 1. The number of rotatable bonds is 9. The Morgan fingerprint density at radius 3 is 2.39 bits per heavy atom. The van der Waals surface area contributed by atoms with Gasteiger partial charge in [0.15, 0.2) is 0 Å². The standard InChI is InChI=1S/C24H33NO3/c1-20(18-21-8-6-7-11-23(21)27-2)25-15-12-24(19-26,13-16-25)14-17-28-22-9-4-3-5-10-22/h3-11,20,26H,12-19H2,1-2H3. The average molecular weight is 384 g/mol. The van der Waals surface area contributed by atoms with E-state index in [0.717, 1.165) is 50.3 Å². The number of aliphatic hydroxyl groups excluding tert-OH is 1. The quantitative estimate of drug-likeness (QED) is 0.706. The lowest BCUT2D eigenvalue weighted by molar-refractivity contribution is 0.0151. The van der Waals surface area contributed by atoms with Crippen molar-refractivity contribution in [2.75, 3.05) is 33.4 Å². The zero-order valence-electron chi connectivity index (χ0n) is 17.1. The van der Waals surface area contributed by atoms with E-state index in [-0.39, 0.29) is 12.0 Å². The van der Waals surface area contributed by atoms with E-state index >= 15 is 0 Å². The lowest BCUT2D eigenvalue weighted by atomic mass is 9.76. The van der Waals surface area contributed by atoms with Crippen LogP contribution in [-0.2, 0) is 6.42 Å². The maximum absolute atomic E-state index is 10.1. The van der Waals surface area contributed by atoms with Crippen LogP contribution >= 0.6 is 0 Å². The molecule has 152 valence electrons. The maximum atomic E-state index is 10.1. The molecule has 0 amide bonds. The van der Waals surface area contributed by atoms with Crippen LogP contribution in [0.5, 0.6) is 11.5 Å². The van der Waals surface area contributed by atoms with Crippen molar-refractivity contribution in [3.05, 3.63) is 60.2 Å². The average Bonchev–Trinajstić information content (AvgIpc) is 2.75. The lowest BCUT2D eigenvalue weighted by Gasteiger charge is -2.43. The first-order valence-corrected chi connectivity index (χ1v) is 10.3. The van der Waals surface area contributed by atoms with E-state index in [1.165, 1.54) is 5.56 Å².